The van der Waals surface area contributed by atoms with Gasteiger partial charge < -0.3 is 14.8 Å². The number of rotatable bonds is 5. The van der Waals surface area contributed by atoms with E-state index < -0.39 is 6.10 Å². The summed E-state index contributed by atoms with van der Waals surface area (Å²) in [6.45, 7) is 0.402. The summed E-state index contributed by atoms with van der Waals surface area (Å²) in [6, 6.07) is 10.9. The van der Waals surface area contributed by atoms with Crippen molar-refractivity contribution >= 4 is 44.5 Å². The fourth-order valence-corrected chi connectivity index (χ4v) is 3.98. The molecule has 3 aromatic heterocycles. The minimum absolute atomic E-state index is 0.264. The SMILES string of the molecule is O=C(NCc1ccc([C@@H](O)c2cccs2)s1)c1ccc(Br)o1. The lowest BCUT2D eigenvalue weighted by molar-refractivity contribution is 0.0922. The minimum atomic E-state index is -0.601. The monoisotopic (exact) mass is 397 g/mol. The number of aliphatic hydroxyl groups excluding tert-OH is 1. The number of hydrogen-bond acceptors (Lipinski definition) is 5. The lowest BCUT2D eigenvalue weighted by Gasteiger charge is -2.05. The van der Waals surface area contributed by atoms with Crippen LogP contribution in [0, 0.1) is 0 Å². The topological polar surface area (TPSA) is 62.5 Å². The van der Waals surface area contributed by atoms with Crippen molar-refractivity contribution in [2.45, 2.75) is 12.6 Å². The molecule has 1 atom stereocenters. The van der Waals surface area contributed by atoms with Crippen LogP contribution in [0.15, 0.2) is 50.9 Å². The normalized spacial score (nSPS) is 12.3. The Morgan fingerprint density at radius 2 is 2.14 bits per heavy atom. The van der Waals surface area contributed by atoms with Crippen LogP contribution in [0.25, 0.3) is 0 Å². The largest absolute Gasteiger partial charge is 0.444 e. The van der Waals surface area contributed by atoms with Crippen molar-refractivity contribution in [3.8, 4) is 0 Å². The first-order chi connectivity index (χ1) is 10.6. The first-order valence-electron chi connectivity index (χ1n) is 6.47. The first kappa shape index (κ1) is 15.5. The number of thiophene rings is 2. The molecule has 0 aliphatic heterocycles. The summed E-state index contributed by atoms with van der Waals surface area (Å²) in [5.41, 5.74) is 0. The molecule has 1 amide bonds. The standard InChI is InChI=1S/C15H12BrNO3S2/c16-13-6-4-10(20-13)15(19)17-8-9-3-5-12(22-9)14(18)11-2-1-7-21-11/h1-7,14,18H,8H2,(H,17,19)/t14-/m0/s1. The van der Waals surface area contributed by atoms with Crippen molar-refractivity contribution in [1.82, 2.24) is 5.32 Å². The molecule has 0 aromatic carbocycles. The first-order valence-corrected chi connectivity index (χ1v) is 8.96. The Morgan fingerprint density at radius 3 is 2.82 bits per heavy atom. The molecular weight excluding hydrogens is 386 g/mol. The van der Waals surface area contributed by atoms with Crippen molar-refractivity contribution in [2.24, 2.45) is 0 Å². The Morgan fingerprint density at radius 1 is 1.27 bits per heavy atom. The van der Waals surface area contributed by atoms with E-state index in [2.05, 4.69) is 21.2 Å². The van der Waals surface area contributed by atoms with Gasteiger partial charge in [-0.15, -0.1) is 22.7 Å². The molecule has 0 aliphatic rings. The van der Waals surface area contributed by atoms with E-state index in [-0.39, 0.29) is 11.7 Å². The van der Waals surface area contributed by atoms with Gasteiger partial charge in [-0.25, -0.2) is 0 Å². The maximum atomic E-state index is 11.9. The molecule has 3 rings (SSSR count). The lowest BCUT2D eigenvalue weighted by Crippen LogP contribution is -2.21. The number of carbonyl (C=O) groups excluding carboxylic acids is 1. The maximum Gasteiger partial charge on any atom is 0.287 e. The van der Waals surface area contributed by atoms with Crippen LogP contribution in [0.4, 0.5) is 0 Å². The molecule has 7 heteroatoms. The van der Waals surface area contributed by atoms with Gasteiger partial charge in [0.05, 0.1) is 6.54 Å². The summed E-state index contributed by atoms with van der Waals surface area (Å²) in [5.74, 6) is 0.00160. The number of halogens is 1. The molecule has 0 saturated carbocycles. The third-order valence-corrected chi connectivity index (χ3v) is 5.47. The molecule has 0 fully saturated rings. The number of furan rings is 1. The summed E-state index contributed by atoms with van der Waals surface area (Å²) in [5, 5.41) is 15.0. The molecule has 0 radical (unpaired) electrons. The maximum absolute atomic E-state index is 11.9. The molecule has 0 aliphatic carbocycles. The quantitative estimate of drug-likeness (QED) is 0.678. The Bertz CT molecular complexity index is 763. The minimum Gasteiger partial charge on any atom is -0.444 e. The van der Waals surface area contributed by atoms with Crippen LogP contribution in [0.5, 0.6) is 0 Å². The van der Waals surface area contributed by atoms with Crippen molar-refractivity contribution < 1.29 is 14.3 Å². The predicted molar refractivity (Wildman–Crippen MR) is 90.3 cm³/mol. The summed E-state index contributed by atoms with van der Waals surface area (Å²) >= 11 is 6.17. The zero-order valence-corrected chi connectivity index (χ0v) is 14.5. The second-order valence-electron chi connectivity index (χ2n) is 4.51. The molecule has 114 valence electrons. The number of hydrogen-bond donors (Lipinski definition) is 2. The van der Waals surface area contributed by atoms with Gasteiger partial charge in [0, 0.05) is 14.6 Å². The number of aliphatic hydroxyl groups is 1. The van der Waals surface area contributed by atoms with Crippen molar-refractivity contribution in [1.29, 1.82) is 0 Å². The molecule has 0 saturated heterocycles. The van der Waals surface area contributed by atoms with Crippen molar-refractivity contribution in [3.63, 3.8) is 0 Å². The van der Waals surface area contributed by atoms with Crippen LogP contribution in [0.3, 0.4) is 0 Å². The van der Waals surface area contributed by atoms with Crippen LogP contribution >= 0.6 is 38.6 Å². The van der Waals surface area contributed by atoms with Gasteiger partial charge in [-0.05, 0) is 51.6 Å². The van der Waals surface area contributed by atoms with E-state index in [0.29, 0.717) is 11.2 Å². The Labute approximate surface area is 143 Å². The zero-order chi connectivity index (χ0) is 15.5. The molecule has 0 bridgehead atoms. The van der Waals surface area contributed by atoms with Crippen LogP contribution in [-0.2, 0) is 6.54 Å². The van der Waals surface area contributed by atoms with Gasteiger partial charge in [0.15, 0.2) is 10.4 Å². The van der Waals surface area contributed by atoms with E-state index in [0.717, 1.165) is 14.6 Å². The highest BCUT2D eigenvalue weighted by Gasteiger charge is 2.15. The van der Waals surface area contributed by atoms with Crippen molar-refractivity contribution in [2.75, 3.05) is 0 Å². The third-order valence-electron chi connectivity index (χ3n) is 2.98. The third kappa shape index (κ3) is 3.49. The van der Waals surface area contributed by atoms with Gasteiger partial charge in [0.1, 0.15) is 6.10 Å². The van der Waals surface area contributed by atoms with Crippen LogP contribution in [0.1, 0.15) is 31.3 Å². The summed E-state index contributed by atoms with van der Waals surface area (Å²) in [7, 11) is 0. The number of amides is 1. The molecule has 3 heterocycles. The molecule has 22 heavy (non-hydrogen) atoms. The van der Waals surface area contributed by atoms with Crippen LogP contribution < -0.4 is 5.32 Å². The highest BCUT2D eigenvalue weighted by molar-refractivity contribution is 9.10. The molecular formula is C15H12BrNO3S2. The van der Waals surface area contributed by atoms with Gasteiger partial charge in [-0.1, -0.05) is 6.07 Å². The van der Waals surface area contributed by atoms with Crippen LogP contribution in [0.2, 0.25) is 0 Å². The van der Waals surface area contributed by atoms with E-state index in [1.165, 1.54) is 22.7 Å². The lowest BCUT2D eigenvalue weighted by atomic mass is 10.2. The molecule has 0 unspecified atom stereocenters. The van der Waals surface area contributed by atoms with Gasteiger partial charge in [0.2, 0.25) is 0 Å². The van der Waals surface area contributed by atoms with Crippen molar-refractivity contribution in [3.05, 3.63) is 66.8 Å². The fourth-order valence-electron chi connectivity index (χ4n) is 1.91. The molecule has 4 nitrogen and oxygen atoms in total. The Kier molecular flexibility index (Phi) is 4.77. The zero-order valence-electron chi connectivity index (χ0n) is 11.3. The smallest absolute Gasteiger partial charge is 0.287 e. The molecule has 2 N–H and O–H groups in total. The average Bonchev–Trinajstić information content (AvgIpc) is 3.25. The summed E-state index contributed by atoms with van der Waals surface area (Å²) in [4.78, 5) is 14.6. The van der Waals surface area contributed by atoms with E-state index in [4.69, 9.17) is 4.42 Å². The van der Waals surface area contributed by atoms with Gasteiger partial charge in [-0.2, -0.15) is 0 Å². The fraction of sp³-hybridized carbons (Fsp3) is 0.133. The summed E-state index contributed by atoms with van der Waals surface area (Å²) < 4.78 is 5.72. The Hall–Kier alpha value is -1.41. The summed E-state index contributed by atoms with van der Waals surface area (Å²) in [6.07, 6.45) is -0.601. The van der Waals surface area contributed by atoms with Gasteiger partial charge >= 0.3 is 0 Å². The van der Waals surface area contributed by atoms with E-state index in [9.17, 15) is 9.90 Å². The molecule has 3 aromatic rings. The number of nitrogens with one attached hydrogen (secondary N) is 1. The second kappa shape index (κ2) is 6.78. The van der Waals surface area contributed by atoms with E-state index in [1.807, 2.05) is 29.6 Å². The highest BCUT2D eigenvalue weighted by atomic mass is 79.9. The second-order valence-corrected chi connectivity index (χ2v) is 7.47. The van der Waals surface area contributed by atoms with Crippen LogP contribution in [-0.4, -0.2) is 11.0 Å². The van der Waals surface area contributed by atoms with Gasteiger partial charge in [-0.3, -0.25) is 4.79 Å². The Balaban J connectivity index is 1.61. The predicted octanol–water partition coefficient (Wildman–Crippen LogP) is 4.18. The molecule has 0 spiro atoms. The van der Waals surface area contributed by atoms with E-state index in [1.54, 1.807) is 12.1 Å². The number of carbonyl (C=O) groups is 1. The average molecular weight is 398 g/mol. The van der Waals surface area contributed by atoms with E-state index >= 15 is 0 Å². The van der Waals surface area contributed by atoms with Gasteiger partial charge in [0.25, 0.3) is 5.91 Å². The highest BCUT2D eigenvalue weighted by Crippen LogP contribution is 2.30.